The quantitative estimate of drug-likeness (QED) is 0.643. The highest BCUT2D eigenvalue weighted by Gasteiger charge is 2.12. The average molecular weight is 329 g/mol. The molecule has 2 heteroatoms. The number of carbonyl (C=O) groups is 1. The molecule has 0 aromatic heterocycles. The molecule has 0 fully saturated rings. The molecular weight excluding hydrogens is 306 g/mol. The van der Waals surface area contributed by atoms with Crippen LogP contribution in [0.4, 0.5) is 5.69 Å². The van der Waals surface area contributed by atoms with Gasteiger partial charge in [-0.15, -0.1) is 0 Å². The van der Waals surface area contributed by atoms with Crippen molar-refractivity contribution in [3.8, 4) is 0 Å². The second kappa shape index (κ2) is 8.29. The standard InChI is InChI=1S/C23H23NO/c1-18(20-12-6-3-7-13-20)16-23(25)24-22-15-9-8-14-21(22)17-19-10-4-2-5-11-19/h2-15,18H,16-17H2,1H3,(H,24,25)/t18-/m0/s1. The predicted molar refractivity (Wildman–Crippen MR) is 104 cm³/mol. The lowest BCUT2D eigenvalue weighted by Crippen LogP contribution is -2.15. The molecule has 25 heavy (non-hydrogen) atoms. The van der Waals surface area contributed by atoms with Gasteiger partial charge >= 0.3 is 0 Å². The van der Waals surface area contributed by atoms with E-state index in [9.17, 15) is 4.79 Å². The summed E-state index contributed by atoms with van der Waals surface area (Å²) >= 11 is 0. The molecule has 2 nitrogen and oxygen atoms in total. The zero-order chi connectivity index (χ0) is 17.5. The van der Waals surface area contributed by atoms with Crippen molar-refractivity contribution in [2.45, 2.75) is 25.7 Å². The highest BCUT2D eigenvalue weighted by Crippen LogP contribution is 2.22. The largest absolute Gasteiger partial charge is 0.326 e. The average Bonchev–Trinajstić information content (AvgIpc) is 2.65. The van der Waals surface area contributed by atoms with E-state index in [0.717, 1.165) is 17.7 Å². The molecule has 3 rings (SSSR count). The number of carbonyl (C=O) groups excluding carboxylic acids is 1. The van der Waals surface area contributed by atoms with Crippen LogP contribution in [0.2, 0.25) is 0 Å². The molecule has 0 aliphatic rings. The Morgan fingerprint density at radius 1 is 0.840 bits per heavy atom. The maximum absolute atomic E-state index is 12.5. The van der Waals surface area contributed by atoms with Crippen molar-refractivity contribution in [1.29, 1.82) is 0 Å². The molecule has 0 radical (unpaired) electrons. The first-order valence-electron chi connectivity index (χ1n) is 8.69. The predicted octanol–water partition coefficient (Wildman–Crippen LogP) is 5.41. The minimum atomic E-state index is 0.0527. The molecule has 0 aliphatic carbocycles. The first-order chi connectivity index (χ1) is 12.2. The lowest BCUT2D eigenvalue weighted by molar-refractivity contribution is -0.116. The second-order valence-corrected chi connectivity index (χ2v) is 6.38. The van der Waals surface area contributed by atoms with Crippen LogP contribution in [0.15, 0.2) is 84.9 Å². The molecule has 0 unspecified atom stereocenters. The smallest absolute Gasteiger partial charge is 0.224 e. The Morgan fingerprint density at radius 3 is 2.16 bits per heavy atom. The van der Waals surface area contributed by atoms with E-state index in [-0.39, 0.29) is 11.8 Å². The van der Waals surface area contributed by atoms with Gasteiger partial charge in [0.25, 0.3) is 0 Å². The summed E-state index contributed by atoms with van der Waals surface area (Å²) in [6, 6.07) is 28.5. The lowest BCUT2D eigenvalue weighted by atomic mass is 9.97. The third-order valence-electron chi connectivity index (χ3n) is 4.39. The van der Waals surface area contributed by atoms with Crippen molar-refractivity contribution in [1.82, 2.24) is 0 Å². The van der Waals surface area contributed by atoms with Crippen LogP contribution >= 0.6 is 0 Å². The number of rotatable bonds is 6. The Labute approximate surface area is 149 Å². The van der Waals surface area contributed by atoms with Gasteiger partial charge in [-0.05, 0) is 35.1 Å². The molecule has 126 valence electrons. The fourth-order valence-corrected chi connectivity index (χ4v) is 2.99. The molecule has 0 heterocycles. The fraction of sp³-hybridized carbons (Fsp3) is 0.174. The van der Waals surface area contributed by atoms with Crippen LogP contribution < -0.4 is 5.32 Å². The van der Waals surface area contributed by atoms with Crippen molar-refractivity contribution in [2.75, 3.05) is 5.32 Å². The Balaban J connectivity index is 1.67. The number of para-hydroxylation sites is 1. The Morgan fingerprint density at radius 2 is 1.44 bits per heavy atom. The molecule has 1 amide bonds. The van der Waals surface area contributed by atoms with E-state index < -0.39 is 0 Å². The van der Waals surface area contributed by atoms with E-state index in [2.05, 4.69) is 42.6 Å². The van der Waals surface area contributed by atoms with Crippen LogP contribution in [-0.2, 0) is 11.2 Å². The van der Waals surface area contributed by atoms with Crippen molar-refractivity contribution < 1.29 is 4.79 Å². The number of nitrogens with one attached hydrogen (secondary N) is 1. The summed E-state index contributed by atoms with van der Waals surface area (Å²) in [4.78, 5) is 12.5. The van der Waals surface area contributed by atoms with E-state index in [0.29, 0.717) is 6.42 Å². The highest BCUT2D eigenvalue weighted by atomic mass is 16.1. The van der Waals surface area contributed by atoms with Crippen LogP contribution in [0.3, 0.4) is 0 Å². The molecule has 1 N–H and O–H groups in total. The van der Waals surface area contributed by atoms with Gasteiger partial charge in [-0.1, -0.05) is 85.8 Å². The second-order valence-electron chi connectivity index (χ2n) is 6.38. The highest BCUT2D eigenvalue weighted by molar-refractivity contribution is 5.92. The maximum atomic E-state index is 12.5. The van der Waals surface area contributed by atoms with Crippen LogP contribution in [0.5, 0.6) is 0 Å². The maximum Gasteiger partial charge on any atom is 0.224 e. The van der Waals surface area contributed by atoms with E-state index in [1.807, 2.05) is 54.6 Å². The number of hydrogen-bond donors (Lipinski definition) is 1. The van der Waals surface area contributed by atoms with Crippen LogP contribution in [-0.4, -0.2) is 5.91 Å². The van der Waals surface area contributed by atoms with Gasteiger partial charge in [-0.2, -0.15) is 0 Å². The van der Waals surface area contributed by atoms with E-state index >= 15 is 0 Å². The number of benzene rings is 3. The summed E-state index contributed by atoms with van der Waals surface area (Å²) in [6.07, 6.45) is 1.29. The Bertz CT molecular complexity index is 812. The first kappa shape index (κ1) is 17.0. The van der Waals surface area contributed by atoms with Gasteiger partial charge in [-0.3, -0.25) is 4.79 Å². The Hall–Kier alpha value is -2.87. The van der Waals surface area contributed by atoms with Gasteiger partial charge in [0.2, 0.25) is 5.91 Å². The summed E-state index contributed by atoms with van der Waals surface area (Å²) in [5, 5.41) is 3.09. The van der Waals surface area contributed by atoms with Crippen molar-refractivity contribution >= 4 is 11.6 Å². The zero-order valence-electron chi connectivity index (χ0n) is 14.5. The molecule has 1 atom stereocenters. The summed E-state index contributed by atoms with van der Waals surface area (Å²) in [5.41, 5.74) is 4.46. The van der Waals surface area contributed by atoms with E-state index in [4.69, 9.17) is 0 Å². The molecule has 3 aromatic carbocycles. The molecule has 3 aromatic rings. The monoisotopic (exact) mass is 329 g/mol. The molecule has 0 saturated carbocycles. The normalized spacial score (nSPS) is 11.7. The number of hydrogen-bond acceptors (Lipinski definition) is 1. The summed E-state index contributed by atoms with van der Waals surface area (Å²) in [6.45, 7) is 2.09. The van der Waals surface area contributed by atoms with Crippen LogP contribution in [0.1, 0.15) is 36.0 Å². The first-order valence-corrected chi connectivity index (χ1v) is 8.69. The lowest BCUT2D eigenvalue weighted by Gasteiger charge is -2.14. The Kier molecular flexibility index (Phi) is 5.63. The van der Waals surface area contributed by atoms with Crippen LogP contribution in [0, 0.1) is 0 Å². The number of amides is 1. The van der Waals surface area contributed by atoms with Crippen molar-refractivity contribution in [2.24, 2.45) is 0 Å². The number of anilines is 1. The van der Waals surface area contributed by atoms with Crippen molar-refractivity contribution in [3.63, 3.8) is 0 Å². The van der Waals surface area contributed by atoms with Gasteiger partial charge in [0.1, 0.15) is 0 Å². The van der Waals surface area contributed by atoms with Gasteiger partial charge in [-0.25, -0.2) is 0 Å². The minimum absolute atomic E-state index is 0.0527. The molecule has 0 aliphatic heterocycles. The molecular formula is C23H23NO. The van der Waals surface area contributed by atoms with E-state index in [1.165, 1.54) is 11.1 Å². The summed E-state index contributed by atoms with van der Waals surface area (Å²) in [7, 11) is 0. The molecule has 0 bridgehead atoms. The minimum Gasteiger partial charge on any atom is -0.326 e. The summed E-state index contributed by atoms with van der Waals surface area (Å²) < 4.78 is 0. The van der Waals surface area contributed by atoms with Gasteiger partial charge in [0.05, 0.1) is 0 Å². The van der Waals surface area contributed by atoms with Gasteiger partial charge < -0.3 is 5.32 Å². The fourth-order valence-electron chi connectivity index (χ4n) is 2.99. The van der Waals surface area contributed by atoms with Crippen molar-refractivity contribution in [3.05, 3.63) is 102 Å². The molecule has 0 spiro atoms. The zero-order valence-corrected chi connectivity index (χ0v) is 14.5. The SMILES string of the molecule is C[C@@H](CC(=O)Nc1ccccc1Cc1ccccc1)c1ccccc1. The van der Waals surface area contributed by atoms with Gasteiger partial charge in [0.15, 0.2) is 0 Å². The third kappa shape index (κ3) is 4.80. The van der Waals surface area contributed by atoms with Crippen LogP contribution in [0.25, 0.3) is 0 Å². The summed E-state index contributed by atoms with van der Waals surface area (Å²) in [5.74, 6) is 0.249. The third-order valence-corrected chi connectivity index (χ3v) is 4.39. The van der Waals surface area contributed by atoms with E-state index in [1.54, 1.807) is 0 Å². The van der Waals surface area contributed by atoms with Gasteiger partial charge in [0, 0.05) is 12.1 Å². The topological polar surface area (TPSA) is 29.1 Å². The molecule has 0 saturated heterocycles.